The summed E-state index contributed by atoms with van der Waals surface area (Å²) in [6, 6.07) is 9.86. The van der Waals surface area contributed by atoms with Crippen molar-refractivity contribution in [2.75, 3.05) is 0 Å². The summed E-state index contributed by atoms with van der Waals surface area (Å²) in [7, 11) is 1.88. The molecular weight excluding hydrogens is 360 g/mol. The number of nitrogens with two attached hydrogens (primary N) is 1. The van der Waals surface area contributed by atoms with E-state index in [-0.39, 0.29) is 0 Å². The van der Waals surface area contributed by atoms with Crippen molar-refractivity contribution in [2.24, 2.45) is 17.8 Å². The first-order chi connectivity index (χ1) is 13.0. The van der Waals surface area contributed by atoms with Gasteiger partial charge in [0.15, 0.2) is 5.65 Å². The molecule has 27 heavy (non-hydrogen) atoms. The molecule has 1 aromatic carbocycles. The fraction of sp³-hybridized carbons (Fsp3) is 0.167. The third-order valence-electron chi connectivity index (χ3n) is 4.46. The van der Waals surface area contributed by atoms with E-state index in [0.717, 1.165) is 27.4 Å². The molecule has 3 aromatic heterocycles. The second kappa shape index (κ2) is 5.73. The molecule has 0 fully saturated rings. The minimum atomic E-state index is -0.551. The maximum atomic E-state index is 6.30. The number of aromatic nitrogens is 6. The SMILES string of the molecule is Cn1cc(-c2ccc3nnc(Sc4ccc5c(c4)C(C)(N)C=N5)n3n2)cn1. The first-order valence-corrected chi connectivity index (χ1v) is 9.19. The lowest BCUT2D eigenvalue weighted by Gasteiger charge is -2.16. The summed E-state index contributed by atoms with van der Waals surface area (Å²) in [6.45, 7) is 1.95. The number of hydrogen-bond donors (Lipinski definition) is 1. The van der Waals surface area contributed by atoms with Crippen molar-refractivity contribution in [3.63, 3.8) is 0 Å². The maximum absolute atomic E-state index is 6.30. The predicted octanol–water partition coefficient (Wildman–Crippen LogP) is 2.57. The lowest BCUT2D eigenvalue weighted by Crippen LogP contribution is -2.32. The van der Waals surface area contributed by atoms with Crippen molar-refractivity contribution in [3.05, 3.63) is 48.3 Å². The van der Waals surface area contributed by atoms with Gasteiger partial charge in [0.25, 0.3) is 0 Å². The molecule has 0 saturated carbocycles. The van der Waals surface area contributed by atoms with Gasteiger partial charge < -0.3 is 5.73 Å². The van der Waals surface area contributed by atoms with Crippen molar-refractivity contribution in [3.8, 4) is 11.3 Å². The molecule has 9 heteroatoms. The van der Waals surface area contributed by atoms with Crippen LogP contribution >= 0.6 is 11.8 Å². The van der Waals surface area contributed by atoms with Crippen LogP contribution in [0.4, 0.5) is 5.69 Å². The first kappa shape index (κ1) is 16.2. The molecule has 0 bridgehead atoms. The number of benzene rings is 1. The van der Waals surface area contributed by atoms with E-state index in [1.807, 2.05) is 44.4 Å². The van der Waals surface area contributed by atoms with Gasteiger partial charge in [-0.1, -0.05) is 0 Å². The van der Waals surface area contributed by atoms with Crippen molar-refractivity contribution >= 4 is 29.3 Å². The van der Waals surface area contributed by atoms with E-state index in [2.05, 4.69) is 31.5 Å². The fourth-order valence-corrected chi connectivity index (χ4v) is 3.87. The van der Waals surface area contributed by atoms with Crippen molar-refractivity contribution in [2.45, 2.75) is 22.5 Å². The number of aryl methyl sites for hydroxylation is 1. The smallest absolute Gasteiger partial charge is 0.217 e. The van der Waals surface area contributed by atoms with Crippen LogP contribution in [-0.4, -0.2) is 35.8 Å². The molecule has 2 N–H and O–H groups in total. The molecule has 1 aliphatic rings. The Morgan fingerprint density at radius 1 is 1.15 bits per heavy atom. The minimum absolute atomic E-state index is 0.551. The summed E-state index contributed by atoms with van der Waals surface area (Å²) < 4.78 is 3.50. The standard InChI is InChI=1S/C18H16N8S/c1-18(19)10-20-15-4-3-12(7-13(15)18)27-17-23-22-16-6-5-14(24-26(16)17)11-8-21-25(2)9-11/h3-10H,19H2,1-2H3. The van der Waals surface area contributed by atoms with E-state index < -0.39 is 5.54 Å². The second-order valence-corrected chi connectivity index (χ2v) is 7.74. The highest BCUT2D eigenvalue weighted by Gasteiger charge is 2.27. The van der Waals surface area contributed by atoms with Crippen molar-refractivity contribution in [1.29, 1.82) is 0 Å². The first-order valence-electron chi connectivity index (χ1n) is 8.38. The Balaban J connectivity index is 1.53. The number of rotatable bonds is 3. The predicted molar refractivity (Wildman–Crippen MR) is 103 cm³/mol. The lowest BCUT2D eigenvalue weighted by atomic mass is 9.96. The van der Waals surface area contributed by atoms with Gasteiger partial charge >= 0.3 is 0 Å². The summed E-state index contributed by atoms with van der Waals surface area (Å²) in [5, 5.41) is 18.1. The van der Waals surface area contributed by atoms with Crippen LogP contribution in [-0.2, 0) is 12.6 Å². The zero-order valence-corrected chi connectivity index (χ0v) is 15.6. The number of aliphatic imine (C=N–C) groups is 1. The number of nitrogens with zero attached hydrogens (tertiary/aromatic N) is 7. The molecule has 134 valence electrons. The van der Waals surface area contributed by atoms with Crippen LogP contribution in [0.15, 0.2) is 57.8 Å². The van der Waals surface area contributed by atoms with Gasteiger partial charge in [-0.05, 0) is 49.0 Å². The van der Waals surface area contributed by atoms with Gasteiger partial charge in [-0.15, -0.1) is 10.2 Å². The van der Waals surface area contributed by atoms with Crippen molar-refractivity contribution < 1.29 is 0 Å². The van der Waals surface area contributed by atoms with Crippen LogP contribution in [0.3, 0.4) is 0 Å². The van der Waals surface area contributed by atoms with Crippen molar-refractivity contribution in [1.82, 2.24) is 29.6 Å². The van der Waals surface area contributed by atoms with Gasteiger partial charge in [0, 0.05) is 35.5 Å². The molecule has 0 radical (unpaired) electrons. The molecule has 1 atom stereocenters. The topological polar surface area (TPSA) is 99.3 Å². The van der Waals surface area contributed by atoms with E-state index in [1.54, 1.807) is 21.6 Å². The largest absolute Gasteiger partial charge is 0.317 e. The Morgan fingerprint density at radius 3 is 2.85 bits per heavy atom. The highest BCUT2D eigenvalue weighted by molar-refractivity contribution is 7.99. The monoisotopic (exact) mass is 376 g/mol. The molecule has 8 nitrogen and oxygen atoms in total. The molecule has 1 aliphatic heterocycles. The zero-order chi connectivity index (χ0) is 18.6. The Bertz CT molecular complexity index is 1200. The summed E-state index contributed by atoms with van der Waals surface area (Å²) in [5.41, 5.74) is 10.1. The molecule has 4 heterocycles. The van der Waals surface area contributed by atoms with Crippen LogP contribution in [0.25, 0.3) is 16.9 Å². The normalized spacial score (nSPS) is 18.3. The van der Waals surface area contributed by atoms with Gasteiger partial charge in [-0.2, -0.15) is 14.7 Å². The third-order valence-corrected chi connectivity index (χ3v) is 5.39. The van der Waals surface area contributed by atoms with E-state index in [1.165, 1.54) is 11.8 Å². The Labute approximate surface area is 159 Å². The van der Waals surface area contributed by atoms with Crippen LogP contribution in [0.1, 0.15) is 12.5 Å². The minimum Gasteiger partial charge on any atom is -0.317 e. The quantitative estimate of drug-likeness (QED) is 0.590. The molecule has 1 unspecified atom stereocenters. The molecule has 4 aromatic rings. The van der Waals surface area contributed by atoms with Gasteiger partial charge in [0.1, 0.15) is 0 Å². The van der Waals surface area contributed by atoms with E-state index in [9.17, 15) is 0 Å². The molecular formula is C18H16N8S. The Morgan fingerprint density at radius 2 is 2.04 bits per heavy atom. The lowest BCUT2D eigenvalue weighted by molar-refractivity contribution is 0.706. The van der Waals surface area contributed by atoms with E-state index in [4.69, 9.17) is 5.73 Å². The molecule has 0 saturated heterocycles. The van der Waals surface area contributed by atoms with Gasteiger partial charge in [0.05, 0.1) is 23.1 Å². The van der Waals surface area contributed by atoms with Gasteiger partial charge in [-0.3, -0.25) is 9.67 Å². The fourth-order valence-electron chi connectivity index (χ4n) is 3.04. The number of hydrogen-bond acceptors (Lipinski definition) is 7. The van der Waals surface area contributed by atoms with Crippen LogP contribution in [0.5, 0.6) is 0 Å². The second-order valence-electron chi connectivity index (χ2n) is 6.70. The Hall–Kier alpha value is -3.04. The summed E-state index contributed by atoms with van der Waals surface area (Å²) in [4.78, 5) is 5.39. The Kier molecular flexibility index (Phi) is 3.43. The van der Waals surface area contributed by atoms with E-state index >= 15 is 0 Å². The van der Waals surface area contributed by atoms with Crippen LogP contribution in [0.2, 0.25) is 0 Å². The summed E-state index contributed by atoms with van der Waals surface area (Å²) in [6.07, 6.45) is 5.49. The van der Waals surface area contributed by atoms with E-state index in [0.29, 0.717) is 10.8 Å². The maximum Gasteiger partial charge on any atom is 0.217 e. The summed E-state index contributed by atoms with van der Waals surface area (Å²) in [5.74, 6) is 0. The third kappa shape index (κ3) is 2.71. The van der Waals surface area contributed by atoms with Crippen LogP contribution in [0, 0.1) is 0 Å². The molecule has 0 spiro atoms. The molecule has 0 aliphatic carbocycles. The van der Waals surface area contributed by atoms with Gasteiger partial charge in [-0.25, -0.2) is 0 Å². The summed E-state index contributed by atoms with van der Waals surface area (Å²) >= 11 is 1.49. The average Bonchev–Trinajstić information content (AvgIpc) is 3.34. The average molecular weight is 376 g/mol. The number of fused-ring (bicyclic) bond motifs is 2. The highest BCUT2D eigenvalue weighted by Crippen LogP contribution is 2.37. The zero-order valence-electron chi connectivity index (χ0n) is 14.7. The van der Waals surface area contributed by atoms with Gasteiger partial charge in [0.2, 0.25) is 5.16 Å². The highest BCUT2D eigenvalue weighted by atomic mass is 32.2. The molecule has 0 amide bonds. The van der Waals surface area contributed by atoms with Crippen LogP contribution < -0.4 is 5.73 Å². The molecule has 5 rings (SSSR count).